The Hall–Kier alpha value is -1.56. The predicted octanol–water partition coefficient (Wildman–Crippen LogP) is 2.62. The van der Waals surface area contributed by atoms with Crippen molar-refractivity contribution in [1.29, 1.82) is 0 Å². The first kappa shape index (κ1) is 15.7. The Labute approximate surface area is 148 Å². The van der Waals surface area contributed by atoms with Crippen LogP contribution in [0.5, 0.6) is 0 Å². The highest BCUT2D eigenvalue weighted by molar-refractivity contribution is 5.75. The number of nitrogens with zero attached hydrogens (tertiary/aromatic N) is 2. The lowest BCUT2D eigenvalue weighted by atomic mass is 9.46. The largest absolute Gasteiger partial charge is 0.377 e. The first-order valence-corrected chi connectivity index (χ1v) is 9.96. The van der Waals surface area contributed by atoms with Gasteiger partial charge in [-0.15, -0.1) is 0 Å². The Bertz CT molecular complexity index is 627. The molecule has 1 spiro atoms. The molecular formula is C19H28N4O2. The molecule has 2 heterocycles. The third kappa shape index (κ3) is 2.40. The molecule has 5 rings (SSSR count). The molecule has 2 amide bonds. The van der Waals surface area contributed by atoms with E-state index in [1.807, 2.05) is 23.1 Å². The second kappa shape index (κ2) is 6.01. The summed E-state index contributed by atoms with van der Waals surface area (Å²) in [5.41, 5.74) is 0.243. The van der Waals surface area contributed by atoms with Gasteiger partial charge in [-0.1, -0.05) is 19.3 Å². The molecule has 0 unspecified atom stereocenters. The van der Waals surface area contributed by atoms with Crippen LogP contribution >= 0.6 is 0 Å². The van der Waals surface area contributed by atoms with Gasteiger partial charge in [0.05, 0.1) is 18.2 Å². The van der Waals surface area contributed by atoms with E-state index in [-0.39, 0.29) is 23.5 Å². The molecule has 3 saturated carbocycles. The first-order valence-electron chi connectivity index (χ1n) is 9.96. The number of carbonyl (C=O) groups is 1. The summed E-state index contributed by atoms with van der Waals surface area (Å²) in [6, 6.07) is 2.71. The Morgan fingerprint density at radius 1 is 1.16 bits per heavy atom. The van der Waals surface area contributed by atoms with Gasteiger partial charge in [-0.05, 0) is 38.2 Å². The molecule has 2 N–H and O–H groups in total. The number of aromatic nitrogens is 2. The third-order valence-corrected chi connectivity index (χ3v) is 7.23. The number of ether oxygens (including phenoxy) is 1. The van der Waals surface area contributed by atoms with E-state index in [1.165, 1.54) is 32.1 Å². The van der Waals surface area contributed by atoms with Crippen molar-refractivity contribution in [2.45, 2.75) is 75.6 Å². The Balaban J connectivity index is 1.24. The molecule has 6 nitrogen and oxygen atoms in total. The zero-order chi connectivity index (χ0) is 16.9. The molecule has 0 radical (unpaired) electrons. The van der Waals surface area contributed by atoms with Crippen molar-refractivity contribution in [2.75, 3.05) is 6.61 Å². The molecule has 4 fully saturated rings. The lowest BCUT2D eigenvalue weighted by Crippen LogP contribution is -2.72. The van der Waals surface area contributed by atoms with Crippen LogP contribution in [0.25, 0.3) is 0 Å². The highest BCUT2D eigenvalue weighted by Gasteiger charge is 2.67. The standard InChI is InChI=1S/C19H28N4O2/c24-18(21-14-5-1-2-6-15(14)23-11-4-10-20-23)22-16-13-7-12-25-17(13)19(16)8-3-9-19/h4,10-11,13-17H,1-3,5-9,12H2,(H2,21,22,24)/t13-,14+,15-,16+,17-/m0/s1. The lowest BCUT2D eigenvalue weighted by molar-refractivity contribution is -0.172. The van der Waals surface area contributed by atoms with Crippen LogP contribution in [0.2, 0.25) is 0 Å². The molecule has 0 bridgehead atoms. The fourth-order valence-electron chi connectivity index (χ4n) is 5.88. The molecule has 6 heteroatoms. The highest BCUT2D eigenvalue weighted by Crippen LogP contribution is 2.62. The van der Waals surface area contributed by atoms with Gasteiger partial charge in [-0.25, -0.2) is 4.79 Å². The van der Waals surface area contributed by atoms with Crippen LogP contribution < -0.4 is 10.6 Å². The highest BCUT2D eigenvalue weighted by atomic mass is 16.5. The second-order valence-electron chi connectivity index (χ2n) is 8.37. The third-order valence-electron chi connectivity index (χ3n) is 7.23. The fraction of sp³-hybridized carbons (Fsp3) is 0.789. The number of urea groups is 1. The SMILES string of the molecule is O=C(N[C@@H]1[C@@H]2CCO[C@@H]2C12CCC2)N[C@@H]1CCCC[C@@H]1n1cccn1. The molecule has 3 aliphatic carbocycles. The minimum atomic E-state index is 0.00526. The van der Waals surface area contributed by atoms with Crippen molar-refractivity contribution in [1.82, 2.24) is 20.4 Å². The van der Waals surface area contributed by atoms with Crippen molar-refractivity contribution in [3.05, 3.63) is 18.5 Å². The van der Waals surface area contributed by atoms with Gasteiger partial charge in [0.2, 0.25) is 0 Å². The fourth-order valence-corrected chi connectivity index (χ4v) is 5.88. The summed E-state index contributed by atoms with van der Waals surface area (Å²) in [5, 5.41) is 11.0. The lowest BCUT2D eigenvalue weighted by Gasteiger charge is -2.63. The van der Waals surface area contributed by atoms with E-state index in [0.29, 0.717) is 18.1 Å². The molecule has 4 aliphatic rings. The molecular weight excluding hydrogens is 316 g/mol. The van der Waals surface area contributed by atoms with Gasteiger partial charge < -0.3 is 15.4 Å². The minimum Gasteiger partial charge on any atom is -0.377 e. The normalized spacial score (nSPS) is 38.5. The van der Waals surface area contributed by atoms with Crippen LogP contribution in [0.3, 0.4) is 0 Å². The van der Waals surface area contributed by atoms with Crippen molar-refractivity contribution in [3.8, 4) is 0 Å². The quantitative estimate of drug-likeness (QED) is 0.886. The van der Waals surface area contributed by atoms with Crippen molar-refractivity contribution >= 4 is 6.03 Å². The zero-order valence-electron chi connectivity index (χ0n) is 14.7. The Morgan fingerprint density at radius 3 is 2.80 bits per heavy atom. The second-order valence-corrected chi connectivity index (χ2v) is 8.37. The van der Waals surface area contributed by atoms with E-state index in [0.717, 1.165) is 25.9 Å². The van der Waals surface area contributed by atoms with Crippen LogP contribution in [-0.2, 0) is 4.74 Å². The maximum atomic E-state index is 12.8. The van der Waals surface area contributed by atoms with Crippen molar-refractivity contribution < 1.29 is 9.53 Å². The van der Waals surface area contributed by atoms with Crippen LogP contribution in [0.15, 0.2) is 18.5 Å². The van der Waals surface area contributed by atoms with E-state index < -0.39 is 0 Å². The van der Waals surface area contributed by atoms with Crippen LogP contribution in [0, 0.1) is 11.3 Å². The van der Waals surface area contributed by atoms with Crippen LogP contribution in [0.4, 0.5) is 4.79 Å². The molecule has 1 aromatic rings. The maximum absolute atomic E-state index is 12.8. The minimum absolute atomic E-state index is 0.00526. The van der Waals surface area contributed by atoms with E-state index in [9.17, 15) is 4.79 Å². The van der Waals surface area contributed by atoms with E-state index in [1.54, 1.807) is 0 Å². The topological polar surface area (TPSA) is 68.2 Å². The van der Waals surface area contributed by atoms with Crippen molar-refractivity contribution in [2.24, 2.45) is 11.3 Å². The smallest absolute Gasteiger partial charge is 0.315 e. The first-order chi connectivity index (χ1) is 12.3. The number of nitrogens with one attached hydrogen (secondary N) is 2. The molecule has 1 saturated heterocycles. The number of fused-ring (bicyclic) bond motifs is 2. The summed E-state index contributed by atoms with van der Waals surface area (Å²) in [6.07, 6.45) is 13.5. The Morgan fingerprint density at radius 2 is 2.04 bits per heavy atom. The van der Waals surface area contributed by atoms with Gasteiger partial charge in [-0.2, -0.15) is 5.10 Å². The van der Waals surface area contributed by atoms with E-state index in [2.05, 4.69) is 15.7 Å². The summed E-state index contributed by atoms with van der Waals surface area (Å²) in [5.74, 6) is 0.527. The van der Waals surface area contributed by atoms with E-state index in [4.69, 9.17) is 4.74 Å². The summed E-state index contributed by atoms with van der Waals surface area (Å²) in [4.78, 5) is 12.8. The van der Waals surface area contributed by atoms with Gasteiger partial charge in [0, 0.05) is 36.4 Å². The number of carbonyl (C=O) groups excluding carboxylic acids is 1. The molecule has 1 aromatic heterocycles. The van der Waals surface area contributed by atoms with Crippen LogP contribution in [0.1, 0.15) is 57.4 Å². The summed E-state index contributed by atoms with van der Waals surface area (Å²) in [7, 11) is 0. The zero-order valence-corrected chi connectivity index (χ0v) is 14.7. The van der Waals surface area contributed by atoms with Crippen LogP contribution in [-0.4, -0.2) is 40.6 Å². The summed E-state index contributed by atoms with van der Waals surface area (Å²) >= 11 is 0. The van der Waals surface area contributed by atoms with Gasteiger partial charge in [0.25, 0.3) is 0 Å². The summed E-state index contributed by atoms with van der Waals surface area (Å²) in [6.45, 7) is 0.862. The monoisotopic (exact) mass is 344 g/mol. The Kier molecular flexibility index (Phi) is 3.77. The molecule has 1 aliphatic heterocycles. The van der Waals surface area contributed by atoms with Gasteiger partial charge in [-0.3, -0.25) is 4.68 Å². The average Bonchev–Trinajstić information content (AvgIpc) is 3.22. The maximum Gasteiger partial charge on any atom is 0.315 e. The number of hydrogen-bond acceptors (Lipinski definition) is 3. The van der Waals surface area contributed by atoms with Gasteiger partial charge in [0.1, 0.15) is 0 Å². The predicted molar refractivity (Wildman–Crippen MR) is 93.1 cm³/mol. The molecule has 5 atom stereocenters. The molecule has 25 heavy (non-hydrogen) atoms. The molecule has 0 aromatic carbocycles. The van der Waals surface area contributed by atoms with Gasteiger partial charge in [0.15, 0.2) is 0 Å². The number of amides is 2. The van der Waals surface area contributed by atoms with Gasteiger partial charge >= 0.3 is 6.03 Å². The number of rotatable bonds is 3. The average molecular weight is 344 g/mol. The molecule has 136 valence electrons. The van der Waals surface area contributed by atoms with E-state index >= 15 is 0 Å². The summed E-state index contributed by atoms with van der Waals surface area (Å²) < 4.78 is 7.97. The number of hydrogen-bond donors (Lipinski definition) is 2. The van der Waals surface area contributed by atoms with Crippen molar-refractivity contribution in [3.63, 3.8) is 0 Å².